The zero-order valence-corrected chi connectivity index (χ0v) is 18.0. The van der Waals surface area contributed by atoms with E-state index in [1.807, 2.05) is 31.2 Å². The van der Waals surface area contributed by atoms with E-state index in [1.54, 1.807) is 0 Å². The van der Waals surface area contributed by atoms with Gasteiger partial charge in [-0.3, -0.25) is 9.69 Å². The molecule has 3 atom stereocenters. The van der Waals surface area contributed by atoms with Crippen LogP contribution >= 0.6 is 0 Å². The quantitative estimate of drug-likeness (QED) is 0.759. The topological polar surface area (TPSA) is 74.4 Å². The fourth-order valence-electron chi connectivity index (χ4n) is 5.86. The molecule has 6 nitrogen and oxygen atoms in total. The first-order valence-electron chi connectivity index (χ1n) is 10.4. The summed E-state index contributed by atoms with van der Waals surface area (Å²) in [6.07, 6.45) is 3.45. The highest BCUT2D eigenvalue weighted by molar-refractivity contribution is 6.11. The van der Waals surface area contributed by atoms with Crippen molar-refractivity contribution in [3.63, 3.8) is 0 Å². The van der Waals surface area contributed by atoms with Gasteiger partial charge in [-0.25, -0.2) is 4.79 Å². The lowest BCUT2D eigenvalue weighted by molar-refractivity contribution is -0.121. The lowest BCUT2D eigenvalue weighted by atomic mass is 9.65. The van der Waals surface area contributed by atoms with Crippen LogP contribution in [0.2, 0.25) is 0 Å². The molecule has 0 radical (unpaired) electrons. The smallest absolute Gasteiger partial charge is 0.356 e. The zero-order chi connectivity index (χ0) is 21.0. The molecule has 1 saturated carbocycles. The molecular formula is C23H31N3O3. The highest BCUT2D eigenvalue weighted by Gasteiger charge is 2.51. The maximum absolute atomic E-state index is 13.2. The predicted octanol–water partition coefficient (Wildman–Crippen LogP) is 4.18. The predicted molar refractivity (Wildman–Crippen MR) is 114 cm³/mol. The Labute approximate surface area is 172 Å². The molecule has 1 saturated heterocycles. The molecule has 6 heteroatoms. The number of carbonyl (C=O) groups is 2. The largest absolute Gasteiger partial charge is 0.464 e. The Morgan fingerprint density at radius 3 is 2.69 bits per heavy atom. The minimum atomic E-state index is -0.490. The Kier molecular flexibility index (Phi) is 4.73. The summed E-state index contributed by atoms with van der Waals surface area (Å²) in [5.41, 5.74) is 2.14. The molecule has 2 aromatic rings. The van der Waals surface area contributed by atoms with Gasteiger partial charge in [0.2, 0.25) is 5.91 Å². The summed E-state index contributed by atoms with van der Waals surface area (Å²) in [6, 6.07) is 7.71. The van der Waals surface area contributed by atoms with Gasteiger partial charge in [0.25, 0.3) is 0 Å². The molecular weight excluding hydrogens is 366 g/mol. The molecule has 1 amide bonds. The minimum absolute atomic E-state index is 0.0890. The monoisotopic (exact) mass is 397 g/mol. The van der Waals surface area contributed by atoms with Crippen LogP contribution in [0.3, 0.4) is 0 Å². The second kappa shape index (κ2) is 6.87. The lowest BCUT2D eigenvalue weighted by Crippen LogP contribution is -2.45. The van der Waals surface area contributed by atoms with Crippen molar-refractivity contribution in [1.29, 1.82) is 0 Å². The van der Waals surface area contributed by atoms with Gasteiger partial charge < -0.3 is 15.0 Å². The third-order valence-corrected chi connectivity index (χ3v) is 6.68. The first kappa shape index (κ1) is 20.0. The number of para-hydroxylation sites is 1. The molecule has 1 aliphatic carbocycles. The Bertz CT molecular complexity index is 963. The minimum Gasteiger partial charge on any atom is -0.464 e. The highest BCUT2D eigenvalue weighted by Crippen LogP contribution is 2.53. The van der Waals surface area contributed by atoms with Gasteiger partial charge in [0, 0.05) is 23.5 Å². The van der Waals surface area contributed by atoms with Crippen LogP contribution in [0, 0.1) is 10.8 Å². The number of aromatic amines is 1. The molecule has 2 bridgehead atoms. The van der Waals surface area contributed by atoms with Crippen LogP contribution in [0.4, 0.5) is 5.69 Å². The van der Waals surface area contributed by atoms with Crippen molar-refractivity contribution in [2.24, 2.45) is 10.8 Å². The fourth-order valence-corrected chi connectivity index (χ4v) is 5.86. The number of aromatic nitrogens is 1. The molecule has 1 aliphatic heterocycles. The number of anilines is 1. The summed E-state index contributed by atoms with van der Waals surface area (Å²) < 4.78 is 4.91. The molecule has 1 aromatic heterocycles. The Morgan fingerprint density at radius 1 is 1.24 bits per heavy atom. The first-order valence-corrected chi connectivity index (χ1v) is 10.4. The Balaban J connectivity index is 1.60. The van der Waals surface area contributed by atoms with E-state index in [0.29, 0.717) is 17.1 Å². The van der Waals surface area contributed by atoms with Crippen LogP contribution < -0.4 is 5.32 Å². The highest BCUT2D eigenvalue weighted by atomic mass is 16.5. The van der Waals surface area contributed by atoms with Crippen LogP contribution in [0.1, 0.15) is 57.4 Å². The van der Waals surface area contributed by atoms with Crippen LogP contribution in [-0.4, -0.2) is 47.5 Å². The fraction of sp³-hybridized carbons (Fsp3) is 0.565. The molecule has 2 N–H and O–H groups in total. The maximum Gasteiger partial charge on any atom is 0.356 e. The van der Waals surface area contributed by atoms with Gasteiger partial charge in [-0.15, -0.1) is 0 Å². The summed E-state index contributed by atoms with van der Waals surface area (Å²) in [5.74, 6) is -0.579. The van der Waals surface area contributed by atoms with E-state index in [2.05, 4.69) is 36.0 Å². The summed E-state index contributed by atoms with van der Waals surface area (Å²) in [4.78, 5) is 30.9. The molecule has 2 aliphatic rings. The van der Waals surface area contributed by atoms with Crippen LogP contribution in [0.5, 0.6) is 0 Å². The van der Waals surface area contributed by atoms with Crippen molar-refractivity contribution in [3.05, 3.63) is 30.0 Å². The van der Waals surface area contributed by atoms with Gasteiger partial charge in [-0.05, 0) is 43.1 Å². The van der Waals surface area contributed by atoms with Crippen molar-refractivity contribution in [1.82, 2.24) is 9.88 Å². The number of carbonyl (C=O) groups excluding carboxylic acids is 2. The van der Waals surface area contributed by atoms with Crippen LogP contribution in [0.25, 0.3) is 10.9 Å². The number of methoxy groups -OCH3 is 1. The molecule has 2 fully saturated rings. The van der Waals surface area contributed by atoms with E-state index in [-0.39, 0.29) is 23.1 Å². The number of likely N-dealkylation sites (tertiary alicyclic amines) is 1. The van der Waals surface area contributed by atoms with Crippen LogP contribution in [0.15, 0.2) is 24.3 Å². The number of benzene rings is 1. The van der Waals surface area contributed by atoms with Gasteiger partial charge in [0.05, 0.1) is 18.8 Å². The molecule has 0 unspecified atom stereocenters. The molecule has 2 heterocycles. The van der Waals surface area contributed by atoms with Gasteiger partial charge >= 0.3 is 5.97 Å². The number of rotatable bonds is 4. The Morgan fingerprint density at radius 2 is 1.97 bits per heavy atom. The SMILES string of the molecule is COC(=O)c1[nH]c2ccccc2c1NC(=O)[C@H](C)N1C[C@]2(C)C[C@H]1CC(C)(C)C2. The maximum atomic E-state index is 13.2. The molecule has 0 spiro atoms. The molecule has 4 rings (SSSR count). The zero-order valence-electron chi connectivity index (χ0n) is 18.0. The standard InChI is InChI=1S/C23H31N3O3/c1-14(26-13-23(4)11-15(26)10-22(2,3)12-23)20(27)25-18-16-8-6-7-9-17(16)24-19(18)21(28)29-5/h6-9,14-15,24H,10-13H2,1-5H3,(H,25,27)/t14-,15+,23+/m0/s1. The Hall–Kier alpha value is -2.34. The third kappa shape index (κ3) is 3.54. The van der Waals surface area contributed by atoms with Crippen LogP contribution in [-0.2, 0) is 9.53 Å². The van der Waals surface area contributed by atoms with Crippen molar-refractivity contribution < 1.29 is 14.3 Å². The summed E-state index contributed by atoms with van der Waals surface area (Å²) in [5, 5.41) is 3.83. The van der Waals surface area contributed by atoms with E-state index in [9.17, 15) is 9.59 Å². The number of hydrogen-bond acceptors (Lipinski definition) is 4. The number of H-pyrrole nitrogens is 1. The number of nitrogens with zero attached hydrogens (tertiary/aromatic N) is 1. The van der Waals surface area contributed by atoms with E-state index in [0.717, 1.165) is 30.3 Å². The normalized spacial score (nSPS) is 27.0. The van der Waals surface area contributed by atoms with E-state index in [4.69, 9.17) is 4.74 Å². The summed E-state index contributed by atoms with van der Waals surface area (Å²) >= 11 is 0. The van der Waals surface area contributed by atoms with Gasteiger partial charge in [-0.1, -0.05) is 39.0 Å². The summed E-state index contributed by atoms with van der Waals surface area (Å²) in [6.45, 7) is 9.92. The average molecular weight is 398 g/mol. The molecule has 156 valence electrons. The van der Waals surface area contributed by atoms with Gasteiger partial charge in [0.15, 0.2) is 0 Å². The van der Waals surface area contributed by atoms with E-state index >= 15 is 0 Å². The van der Waals surface area contributed by atoms with Gasteiger partial charge in [0.1, 0.15) is 5.69 Å². The average Bonchev–Trinajstić information content (AvgIpc) is 3.14. The number of fused-ring (bicyclic) bond motifs is 3. The number of hydrogen-bond donors (Lipinski definition) is 2. The molecule has 29 heavy (non-hydrogen) atoms. The van der Waals surface area contributed by atoms with Crippen molar-refractivity contribution in [2.45, 2.75) is 59.0 Å². The van der Waals surface area contributed by atoms with Crippen molar-refractivity contribution >= 4 is 28.5 Å². The summed E-state index contributed by atoms with van der Waals surface area (Å²) in [7, 11) is 1.34. The van der Waals surface area contributed by atoms with Crippen molar-refractivity contribution in [2.75, 3.05) is 19.0 Å². The first-order chi connectivity index (χ1) is 13.6. The second-order valence-electron chi connectivity index (χ2n) is 9.96. The number of ether oxygens (including phenoxy) is 1. The van der Waals surface area contributed by atoms with Crippen molar-refractivity contribution in [3.8, 4) is 0 Å². The molecule has 1 aromatic carbocycles. The van der Waals surface area contributed by atoms with E-state index < -0.39 is 5.97 Å². The number of amides is 1. The lowest BCUT2D eigenvalue weighted by Gasteiger charge is -2.40. The second-order valence-corrected chi connectivity index (χ2v) is 9.96. The number of esters is 1. The third-order valence-electron chi connectivity index (χ3n) is 6.68. The van der Waals surface area contributed by atoms with E-state index in [1.165, 1.54) is 13.5 Å². The van der Waals surface area contributed by atoms with Gasteiger partial charge in [-0.2, -0.15) is 0 Å². The number of nitrogens with one attached hydrogen (secondary N) is 2.